The number of hydrogen-bond donors (Lipinski definition) is 1. The summed E-state index contributed by atoms with van der Waals surface area (Å²) in [5, 5.41) is 0. The van der Waals surface area contributed by atoms with Crippen LogP contribution in [0.25, 0.3) is 0 Å². The maximum absolute atomic E-state index is 5.29. The molecule has 3 nitrogen and oxygen atoms in total. The van der Waals surface area contributed by atoms with Crippen LogP contribution in [-0.4, -0.2) is 24.8 Å². The molecule has 0 aliphatic rings. The largest absolute Gasteiger partial charge is 0.387 e. The van der Waals surface area contributed by atoms with Crippen molar-refractivity contribution in [2.45, 2.75) is 6.92 Å². The molecule has 0 rings (SSSR count). The van der Waals surface area contributed by atoms with Crippen LogP contribution in [0.4, 0.5) is 0 Å². The summed E-state index contributed by atoms with van der Waals surface area (Å²) in [4.78, 5) is 5.70. The molecule has 0 amide bonds. The summed E-state index contributed by atoms with van der Waals surface area (Å²) in [5.41, 5.74) is 5.29. The third-order valence-corrected chi connectivity index (χ3v) is 0.822. The molecule has 9 heavy (non-hydrogen) atoms. The third kappa shape index (κ3) is 3.58. The van der Waals surface area contributed by atoms with Crippen LogP contribution < -0.4 is 5.73 Å². The van der Waals surface area contributed by atoms with Crippen LogP contribution in [0.15, 0.2) is 17.4 Å². The van der Waals surface area contributed by atoms with Crippen molar-refractivity contribution in [3.8, 4) is 0 Å². The van der Waals surface area contributed by atoms with Crippen LogP contribution in [0.2, 0.25) is 0 Å². The van der Waals surface area contributed by atoms with Crippen molar-refractivity contribution in [3.63, 3.8) is 0 Å². The lowest BCUT2D eigenvalue weighted by Crippen LogP contribution is -2.13. The number of hydrogen-bond acceptors (Lipinski definition) is 2. The first-order valence-electron chi connectivity index (χ1n) is 2.71. The van der Waals surface area contributed by atoms with Gasteiger partial charge in [0.05, 0.1) is 5.84 Å². The fourth-order valence-corrected chi connectivity index (χ4v) is 0.304. The summed E-state index contributed by atoms with van der Waals surface area (Å²) in [7, 11) is 3.74. The zero-order valence-electron chi connectivity index (χ0n) is 6.18. The second-order valence-electron chi connectivity index (χ2n) is 2.06. The molecular weight excluding hydrogens is 114 g/mol. The van der Waals surface area contributed by atoms with Crippen molar-refractivity contribution in [3.05, 3.63) is 12.4 Å². The lowest BCUT2D eigenvalue weighted by Gasteiger charge is -2.10. The smallest absolute Gasteiger partial charge is 0.122 e. The van der Waals surface area contributed by atoms with E-state index in [0.29, 0.717) is 11.7 Å². The van der Waals surface area contributed by atoms with Gasteiger partial charge in [0.1, 0.15) is 5.82 Å². The van der Waals surface area contributed by atoms with E-state index >= 15 is 0 Å². The van der Waals surface area contributed by atoms with E-state index in [4.69, 9.17) is 5.73 Å². The van der Waals surface area contributed by atoms with Gasteiger partial charge in [-0.15, -0.1) is 0 Å². The van der Waals surface area contributed by atoms with E-state index < -0.39 is 0 Å². The van der Waals surface area contributed by atoms with Gasteiger partial charge in [0.25, 0.3) is 0 Å². The Bertz CT molecular complexity index is 131. The first-order chi connectivity index (χ1) is 4.04. The summed E-state index contributed by atoms with van der Waals surface area (Å²) in [6.45, 7) is 5.38. The van der Waals surface area contributed by atoms with Crippen molar-refractivity contribution < 1.29 is 0 Å². The SMILES string of the molecule is C=C(/N=C(\C)N)N(C)C. The number of amidine groups is 1. The third-order valence-electron chi connectivity index (χ3n) is 0.822. The fourth-order valence-electron chi connectivity index (χ4n) is 0.304. The Balaban J connectivity index is 3.93. The quantitative estimate of drug-likeness (QED) is 0.431. The Morgan fingerprint density at radius 2 is 2.00 bits per heavy atom. The van der Waals surface area contributed by atoms with Crippen LogP contribution in [0.3, 0.4) is 0 Å². The number of rotatable bonds is 2. The fraction of sp³-hybridized carbons (Fsp3) is 0.500. The van der Waals surface area contributed by atoms with Crippen LogP contribution in [0.1, 0.15) is 6.92 Å². The molecule has 3 heteroatoms. The van der Waals surface area contributed by atoms with Crippen molar-refractivity contribution in [1.82, 2.24) is 4.90 Å². The molecule has 0 aromatic heterocycles. The first kappa shape index (κ1) is 8.01. The summed E-state index contributed by atoms with van der Waals surface area (Å²) >= 11 is 0. The second kappa shape index (κ2) is 3.12. The van der Waals surface area contributed by atoms with Gasteiger partial charge < -0.3 is 10.6 Å². The Morgan fingerprint density at radius 3 is 2.11 bits per heavy atom. The standard InChI is InChI=1S/C6H13N3/c1-5(7)8-6(2)9(3)4/h2H2,1,3-4H3,(H2,7,8). The topological polar surface area (TPSA) is 41.6 Å². The molecule has 0 fully saturated rings. The zero-order valence-corrected chi connectivity index (χ0v) is 6.18. The van der Waals surface area contributed by atoms with Crippen LogP contribution in [-0.2, 0) is 0 Å². The highest BCUT2D eigenvalue weighted by atomic mass is 15.2. The molecule has 0 unspecified atom stereocenters. The predicted octanol–water partition coefficient (Wildman–Crippen LogP) is 0.396. The highest BCUT2D eigenvalue weighted by Crippen LogP contribution is 1.93. The predicted molar refractivity (Wildman–Crippen MR) is 40.1 cm³/mol. The maximum atomic E-state index is 5.29. The molecule has 0 atom stereocenters. The summed E-state index contributed by atoms with van der Waals surface area (Å²) in [6.07, 6.45) is 0. The summed E-state index contributed by atoms with van der Waals surface area (Å²) in [5.74, 6) is 1.21. The van der Waals surface area contributed by atoms with Crippen molar-refractivity contribution in [2.24, 2.45) is 10.7 Å². The van der Waals surface area contributed by atoms with E-state index in [0.717, 1.165) is 0 Å². The van der Waals surface area contributed by atoms with Gasteiger partial charge in [-0.1, -0.05) is 6.58 Å². The van der Waals surface area contributed by atoms with Crippen molar-refractivity contribution in [1.29, 1.82) is 0 Å². The monoisotopic (exact) mass is 127 g/mol. The molecule has 0 aliphatic heterocycles. The molecule has 0 saturated heterocycles. The highest BCUT2D eigenvalue weighted by molar-refractivity contribution is 5.78. The molecule has 0 saturated carbocycles. The van der Waals surface area contributed by atoms with Crippen molar-refractivity contribution in [2.75, 3.05) is 14.1 Å². The lowest BCUT2D eigenvalue weighted by atomic mass is 10.6. The van der Waals surface area contributed by atoms with Crippen LogP contribution in [0.5, 0.6) is 0 Å². The zero-order chi connectivity index (χ0) is 7.44. The average molecular weight is 127 g/mol. The van der Waals surface area contributed by atoms with E-state index in [1.165, 1.54) is 0 Å². The minimum atomic E-state index is 0.536. The Hall–Kier alpha value is -0.990. The van der Waals surface area contributed by atoms with E-state index in [-0.39, 0.29) is 0 Å². The lowest BCUT2D eigenvalue weighted by molar-refractivity contribution is 0.509. The summed E-state index contributed by atoms with van der Waals surface area (Å²) in [6, 6.07) is 0. The van der Waals surface area contributed by atoms with E-state index in [1.807, 2.05) is 14.1 Å². The number of nitrogens with zero attached hydrogens (tertiary/aromatic N) is 2. The van der Waals surface area contributed by atoms with E-state index in [9.17, 15) is 0 Å². The molecular formula is C6H13N3. The Labute approximate surface area is 55.9 Å². The van der Waals surface area contributed by atoms with Crippen molar-refractivity contribution >= 4 is 5.84 Å². The van der Waals surface area contributed by atoms with Gasteiger partial charge in [0.15, 0.2) is 0 Å². The molecule has 2 N–H and O–H groups in total. The van der Waals surface area contributed by atoms with Gasteiger partial charge in [-0.25, -0.2) is 4.99 Å². The van der Waals surface area contributed by atoms with Gasteiger partial charge in [0.2, 0.25) is 0 Å². The number of aliphatic imine (C=N–C) groups is 1. The Morgan fingerprint density at radius 1 is 1.56 bits per heavy atom. The minimum Gasteiger partial charge on any atom is -0.387 e. The van der Waals surface area contributed by atoms with E-state index in [2.05, 4.69) is 11.6 Å². The van der Waals surface area contributed by atoms with Gasteiger partial charge in [-0.2, -0.15) is 0 Å². The molecule has 52 valence electrons. The van der Waals surface area contributed by atoms with Gasteiger partial charge in [-0.3, -0.25) is 0 Å². The highest BCUT2D eigenvalue weighted by Gasteiger charge is 1.89. The maximum Gasteiger partial charge on any atom is 0.122 e. The van der Waals surface area contributed by atoms with Gasteiger partial charge in [-0.05, 0) is 6.92 Å². The van der Waals surface area contributed by atoms with Gasteiger partial charge in [0, 0.05) is 14.1 Å². The summed E-state index contributed by atoms with van der Waals surface area (Å²) < 4.78 is 0. The number of nitrogens with two attached hydrogens (primary N) is 1. The normalized spacial score (nSPS) is 11.2. The molecule has 0 radical (unpaired) electrons. The van der Waals surface area contributed by atoms with Gasteiger partial charge >= 0.3 is 0 Å². The van der Waals surface area contributed by atoms with Crippen LogP contribution >= 0.6 is 0 Å². The molecule has 0 heterocycles. The molecule has 0 aromatic rings. The molecule has 0 aliphatic carbocycles. The molecule has 0 aromatic carbocycles. The Kier molecular flexibility index (Phi) is 2.78. The molecule has 0 spiro atoms. The molecule has 0 bridgehead atoms. The van der Waals surface area contributed by atoms with Crippen LogP contribution in [0, 0.1) is 0 Å². The first-order valence-corrected chi connectivity index (χ1v) is 2.71. The van der Waals surface area contributed by atoms with E-state index in [1.54, 1.807) is 11.8 Å². The average Bonchev–Trinajstić information content (AvgIpc) is 1.63. The minimum absolute atomic E-state index is 0.536. The second-order valence-corrected chi connectivity index (χ2v) is 2.06.